The molecule has 0 radical (unpaired) electrons. The predicted octanol–water partition coefficient (Wildman–Crippen LogP) is 1.25. The van der Waals surface area contributed by atoms with Gasteiger partial charge >= 0.3 is 0 Å². The van der Waals surface area contributed by atoms with Crippen molar-refractivity contribution in [3.8, 4) is 0 Å². The molecule has 0 aliphatic carbocycles. The van der Waals surface area contributed by atoms with Gasteiger partial charge in [0.25, 0.3) is 0 Å². The predicted molar refractivity (Wildman–Crippen MR) is 63.5 cm³/mol. The largest absolute Gasteiger partial charge is 0.395 e. The summed E-state index contributed by atoms with van der Waals surface area (Å²) in [4.78, 5) is 0. The maximum absolute atomic E-state index is 9.49. The van der Waals surface area contributed by atoms with E-state index in [9.17, 15) is 10.2 Å². The highest BCUT2D eigenvalue weighted by Crippen LogP contribution is 2.24. The summed E-state index contributed by atoms with van der Waals surface area (Å²) in [5, 5.41) is 19.0. The minimum atomic E-state index is -0.691. The van der Waals surface area contributed by atoms with Gasteiger partial charge in [0, 0.05) is 6.61 Å². The van der Waals surface area contributed by atoms with Crippen molar-refractivity contribution >= 4 is 0 Å². The van der Waals surface area contributed by atoms with E-state index in [1.165, 1.54) is 0 Å². The van der Waals surface area contributed by atoms with Crippen molar-refractivity contribution in [2.24, 2.45) is 0 Å². The zero-order valence-electron chi connectivity index (χ0n) is 9.94. The standard InChI is InChI=1S/C13H20O3/c1-3-16-10-13(8-14,9-15)12-6-4-11(2)5-7-12/h4-7,14-15H,3,8-10H2,1-2H3. The van der Waals surface area contributed by atoms with Crippen molar-refractivity contribution in [3.63, 3.8) is 0 Å². The molecule has 0 fully saturated rings. The molecule has 0 heterocycles. The van der Waals surface area contributed by atoms with Gasteiger partial charge in [-0.2, -0.15) is 0 Å². The van der Waals surface area contributed by atoms with Gasteiger partial charge in [-0.25, -0.2) is 0 Å². The molecule has 0 aliphatic heterocycles. The van der Waals surface area contributed by atoms with E-state index in [1.54, 1.807) is 0 Å². The van der Waals surface area contributed by atoms with Crippen molar-refractivity contribution in [2.75, 3.05) is 26.4 Å². The number of ether oxygens (including phenoxy) is 1. The molecule has 16 heavy (non-hydrogen) atoms. The number of aliphatic hydroxyl groups excluding tert-OH is 2. The Labute approximate surface area is 96.7 Å². The number of aliphatic hydroxyl groups is 2. The molecule has 1 rings (SSSR count). The first-order valence-electron chi connectivity index (χ1n) is 5.55. The lowest BCUT2D eigenvalue weighted by molar-refractivity contribution is 0.0248. The van der Waals surface area contributed by atoms with Crippen LogP contribution < -0.4 is 0 Å². The summed E-state index contributed by atoms with van der Waals surface area (Å²) in [5.74, 6) is 0. The minimum Gasteiger partial charge on any atom is -0.395 e. The second kappa shape index (κ2) is 5.99. The van der Waals surface area contributed by atoms with Gasteiger partial charge in [0.05, 0.1) is 25.2 Å². The second-order valence-electron chi connectivity index (χ2n) is 4.10. The van der Waals surface area contributed by atoms with Crippen LogP contribution in [0.2, 0.25) is 0 Å². The minimum absolute atomic E-state index is 0.118. The fraction of sp³-hybridized carbons (Fsp3) is 0.538. The maximum Gasteiger partial charge on any atom is 0.0648 e. The van der Waals surface area contributed by atoms with Crippen LogP contribution in [0, 0.1) is 6.92 Å². The molecule has 0 atom stereocenters. The normalized spacial score (nSPS) is 11.8. The molecule has 0 amide bonds. The van der Waals surface area contributed by atoms with E-state index in [0.717, 1.165) is 11.1 Å². The number of hydrogen-bond donors (Lipinski definition) is 2. The summed E-state index contributed by atoms with van der Waals surface area (Å²) in [6.07, 6.45) is 0. The van der Waals surface area contributed by atoms with Crippen LogP contribution in [0.15, 0.2) is 24.3 Å². The summed E-state index contributed by atoms with van der Waals surface area (Å²) in [7, 11) is 0. The molecule has 1 aromatic carbocycles. The Morgan fingerprint density at radius 2 is 1.69 bits per heavy atom. The number of hydrogen-bond acceptors (Lipinski definition) is 3. The molecule has 0 unspecified atom stereocenters. The highest BCUT2D eigenvalue weighted by atomic mass is 16.5. The highest BCUT2D eigenvalue weighted by molar-refractivity contribution is 5.29. The fourth-order valence-electron chi connectivity index (χ4n) is 1.61. The molecule has 3 heteroatoms. The van der Waals surface area contributed by atoms with E-state index in [4.69, 9.17) is 4.74 Å². The average molecular weight is 224 g/mol. The van der Waals surface area contributed by atoms with Crippen LogP contribution in [0.5, 0.6) is 0 Å². The Hall–Kier alpha value is -0.900. The monoisotopic (exact) mass is 224 g/mol. The summed E-state index contributed by atoms with van der Waals surface area (Å²) in [6, 6.07) is 7.81. The molecule has 0 aromatic heterocycles. The van der Waals surface area contributed by atoms with Crippen LogP contribution in [0.25, 0.3) is 0 Å². The first-order chi connectivity index (χ1) is 7.68. The van der Waals surface area contributed by atoms with E-state index < -0.39 is 5.41 Å². The van der Waals surface area contributed by atoms with Crippen molar-refractivity contribution in [1.29, 1.82) is 0 Å². The zero-order chi connectivity index (χ0) is 12.0. The lowest BCUT2D eigenvalue weighted by atomic mass is 9.82. The van der Waals surface area contributed by atoms with Gasteiger partial charge in [-0.05, 0) is 19.4 Å². The van der Waals surface area contributed by atoms with Crippen LogP contribution >= 0.6 is 0 Å². The van der Waals surface area contributed by atoms with Crippen LogP contribution in [0.3, 0.4) is 0 Å². The van der Waals surface area contributed by atoms with E-state index in [2.05, 4.69) is 0 Å². The quantitative estimate of drug-likeness (QED) is 0.764. The Kier molecular flexibility index (Phi) is 4.93. The summed E-state index contributed by atoms with van der Waals surface area (Å²) < 4.78 is 5.35. The van der Waals surface area contributed by atoms with Crippen molar-refractivity contribution in [2.45, 2.75) is 19.3 Å². The Morgan fingerprint density at radius 1 is 1.12 bits per heavy atom. The molecular weight excluding hydrogens is 204 g/mol. The molecule has 3 nitrogen and oxygen atoms in total. The lowest BCUT2D eigenvalue weighted by Gasteiger charge is -2.30. The number of benzene rings is 1. The second-order valence-corrected chi connectivity index (χ2v) is 4.10. The van der Waals surface area contributed by atoms with Crippen molar-refractivity contribution in [1.82, 2.24) is 0 Å². The lowest BCUT2D eigenvalue weighted by Crippen LogP contribution is -2.39. The molecule has 1 aromatic rings. The molecule has 0 bridgehead atoms. The number of aryl methyl sites for hydroxylation is 1. The van der Waals surface area contributed by atoms with E-state index >= 15 is 0 Å². The van der Waals surface area contributed by atoms with Gasteiger partial charge in [0.2, 0.25) is 0 Å². The van der Waals surface area contributed by atoms with Gasteiger partial charge in [-0.15, -0.1) is 0 Å². The van der Waals surface area contributed by atoms with Crippen LogP contribution in [0.1, 0.15) is 18.1 Å². The smallest absolute Gasteiger partial charge is 0.0648 e. The topological polar surface area (TPSA) is 49.7 Å². The third-order valence-corrected chi connectivity index (χ3v) is 2.85. The SMILES string of the molecule is CCOCC(CO)(CO)c1ccc(C)cc1. The van der Waals surface area contributed by atoms with Gasteiger partial charge in [0.15, 0.2) is 0 Å². The molecule has 2 N–H and O–H groups in total. The van der Waals surface area contributed by atoms with Gasteiger partial charge in [0.1, 0.15) is 0 Å². The fourth-order valence-corrected chi connectivity index (χ4v) is 1.61. The Morgan fingerprint density at radius 3 is 2.12 bits per heavy atom. The molecular formula is C13H20O3. The van der Waals surface area contributed by atoms with Gasteiger partial charge in [-0.1, -0.05) is 29.8 Å². The first-order valence-corrected chi connectivity index (χ1v) is 5.55. The van der Waals surface area contributed by atoms with E-state index in [-0.39, 0.29) is 13.2 Å². The zero-order valence-corrected chi connectivity index (χ0v) is 9.94. The summed E-state index contributed by atoms with van der Waals surface area (Å²) in [6.45, 7) is 4.58. The van der Waals surface area contributed by atoms with E-state index in [0.29, 0.717) is 13.2 Å². The average Bonchev–Trinajstić information content (AvgIpc) is 2.33. The van der Waals surface area contributed by atoms with Gasteiger partial charge in [-0.3, -0.25) is 0 Å². The Balaban J connectivity index is 2.95. The van der Waals surface area contributed by atoms with E-state index in [1.807, 2.05) is 38.1 Å². The molecule has 0 saturated heterocycles. The summed E-state index contributed by atoms with van der Waals surface area (Å²) >= 11 is 0. The molecule has 0 spiro atoms. The van der Waals surface area contributed by atoms with Crippen molar-refractivity contribution < 1.29 is 14.9 Å². The van der Waals surface area contributed by atoms with Crippen LogP contribution in [-0.2, 0) is 10.2 Å². The van der Waals surface area contributed by atoms with Gasteiger partial charge < -0.3 is 14.9 Å². The first kappa shape index (κ1) is 13.2. The molecule has 90 valence electrons. The highest BCUT2D eigenvalue weighted by Gasteiger charge is 2.31. The Bertz CT molecular complexity index is 301. The van der Waals surface area contributed by atoms with Crippen LogP contribution in [0.4, 0.5) is 0 Å². The van der Waals surface area contributed by atoms with Crippen molar-refractivity contribution in [3.05, 3.63) is 35.4 Å². The number of rotatable bonds is 6. The third kappa shape index (κ3) is 2.82. The molecule has 0 aliphatic rings. The molecule has 0 saturated carbocycles. The maximum atomic E-state index is 9.49. The summed E-state index contributed by atoms with van der Waals surface area (Å²) in [5.41, 5.74) is 1.38. The van der Waals surface area contributed by atoms with Crippen LogP contribution in [-0.4, -0.2) is 36.6 Å². The third-order valence-electron chi connectivity index (χ3n) is 2.85.